The van der Waals surface area contributed by atoms with Crippen LogP contribution in [0.4, 0.5) is 18.9 Å². The number of alkyl halides is 3. The van der Waals surface area contributed by atoms with E-state index in [4.69, 9.17) is 17.0 Å². The number of hydrogen-bond donors (Lipinski definition) is 0. The van der Waals surface area contributed by atoms with Gasteiger partial charge < -0.3 is 4.74 Å². The number of ether oxygens (including phenoxy) is 1. The van der Waals surface area contributed by atoms with Crippen molar-refractivity contribution in [2.75, 3.05) is 11.5 Å². The minimum absolute atomic E-state index is 0.0805. The SMILES string of the molecule is C=CCOc1ccccc1/C=C1/SC(=S)N(c2cccc(C(F)(F)F)c2)C1=O. The van der Waals surface area contributed by atoms with Gasteiger partial charge in [0.2, 0.25) is 0 Å². The van der Waals surface area contributed by atoms with Crippen LogP contribution in [0.1, 0.15) is 11.1 Å². The van der Waals surface area contributed by atoms with Crippen molar-refractivity contribution in [3.05, 3.63) is 77.2 Å². The number of thiocarbonyl (C=S) groups is 1. The highest BCUT2D eigenvalue weighted by Gasteiger charge is 2.36. The zero-order valence-electron chi connectivity index (χ0n) is 14.4. The van der Waals surface area contributed by atoms with Gasteiger partial charge in [0.15, 0.2) is 4.32 Å². The lowest BCUT2D eigenvalue weighted by atomic mass is 10.1. The molecule has 0 bridgehead atoms. The number of amides is 1. The molecule has 0 spiro atoms. The molecule has 1 fully saturated rings. The normalized spacial score (nSPS) is 16.0. The maximum Gasteiger partial charge on any atom is 0.416 e. The predicted molar refractivity (Wildman–Crippen MR) is 109 cm³/mol. The molecule has 1 aliphatic heterocycles. The molecular formula is C20H14F3NO2S2. The maximum absolute atomic E-state index is 13.0. The first kappa shape index (κ1) is 20.2. The third-order valence-corrected chi connectivity index (χ3v) is 5.09. The summed E-state index contributed by atoms with van der Waals surface area (Å²) < 4.78 is 44.7. The molecule has 0 aliphatic carbocycles. The first-order chi connectivity index (χ1) is 13.3. The summed E-state index contributed by atoms with van der Waals surface area (Å²) in [5.74, 6) is 0.0829. The van der Waals surface area contributed by atoms with E-state index < -0.39 is 17.6 Å². The molecule has 3 rings (SSSR count). The fourth-order valence-corrected chi connectivity index (χ4v) is 3.82. The van der Waals surface area contributed by atoms with E-state index in [2.05, 4.69) is 6.58 Å². The van der Waals surface area contributed by atoms with Crippen molar-refractivity contribution in [3.63, 3.8) is 0 Å². The Bertz CT molecular complexity index is 970. The molecule has 1 aliphatic rings. The molecule has 3 nitrogen and oxygen atoms in total. The second kappa shape index (κ2) is 8.20. The van der Waals surface area contributed by atoms with Gasteiger partial charge in [0.05, 0.1) is 16.2 Å². The summed E-state index contributed by atoms with van der Waals surface area (Å²) in [6.45, 7) is 3.90. The fraction of sp³-hybridized carbons (Fsp3) is 0.100. The number of carbonyl (C=O) groups is 1. The van der Waals surface area contributed by atoms with E-state index in [0.29, 0.717) is 22.8 Å². The Morgan fingerprint density at radius 2 is 1.93 bits per heavy atom. The van der Waals surface area contributed by atoms with E-state index in [1.165, 1.54) is 12.1 Å². The smallest absolute Gasteiger partial charge is 0.416 e. The van der Waals surface area contributed by atoms with Gasteiger partial charge in [-0.2, -0.15) is 13.2 Å². The summed E-state index contributed by atoms with van der Waals surface area (Å²) in [4.78, 5) is 14.2. The van der Waals surface area contributed by atoms with Crippen molar-refractivity contribution < 1.29 is 22.7 Å². The Kier molecular flexibility index (Phi) is 5.90. The molecule has 0 unspecified atom stereocenters. The fourth-order valence-electron chi connectivity index (χ4n) is 2.53. The molecule has 0 radical (unpaired) electrons. The predicted octanol–water partition coefficient (Wildman–Crippen LogP) is 5.68. The Hall–Kier alpha value is -2.58. The van der Waals surface area contributed by atoms with Gasteiger partial charge in [-0.15, -0.1) is 0 Å². The number of nitrogens with zero attached hydrogens (tertiary/aromatic N) is 1. The zero-order chi connectivity index (χ0) is 20.3. The average Bonchev–Trinajstić information content (AvgIpc) is 2.94. The summed E-state index contributed by atoms with van der Waals surface area (Å²) >= 11 is 6.26. The molecule has 8 heteroatoms. The van der Waals surface area contributed by atoms with Crippen LogP contribution in [0.25, 0.3) is 6.08 Å². The van der Waals surface area contributed by atoms with Gasteiger partial charge in [-0.05, 0) is 30.3 Å². The number of para-hydroxylation sites is 1. The zero-order valence-corrected chi connectivity index (χ0v) is 16.0. The number of rotatable bonds is 5. The Morgan fingerprint density at radius 1 is 1.18 bits per heavy atom. The molecule has 0 saturated carbocycles. The third-order valence-electron chi connectivity index (χ3n) is 3.79. The summed E-state index contributed by atoms with van der Waals surface area (Å²) in [5, 5.41) is 0. The molecule has 0 atom stereocenters. The highest BCUT2D eigenvalue weighted by molar-refractivity contribution is 8.27. The summed E-state index contributed by atoms with van der Waals surface area (Å²) in [5.41, 5.74) is -0.1000. The monoisotopic (exact) mass is 421 g/mol. The molecule has 1 amide bonds. The topological polar surface area (TPSA) is 29.5 Å². The molecule has 2 aromatic rings. The standard InChI is InChI=1S/C20H14F3NO2S2/c1-2-10-26-16-9-4-3-6-13(16)11-17-18(25)24(19(27)28-17)15-8-5-7-14(12-15)20(21,22)23/h2-9,11-12H,1,10H2/b17-11+. The van der Waals surface area contributed by atoms with Crippen LogP contribution in [0.15, 0.2) is 66.1 Å². The Balaban J connectivity index is 1.93. The first-order valence-electron chi connectivity index (χ1n) is 8.09. The van der Waals surface area contributed by atoms with Gasteiger partial charge in [-0.3, -0.25) is 9.69 Å². The Morgan fingerprint density at radius 3 is 2.64 bits per heavy atom. The van der Waals surface area contributed by atoms with Crippen LogP contribution in [0.2, 0.25) is 0 Å². The average molecular weight is 421 g/mol. The van der Waals surface area contributed by atoms with Crippen molar-refractivity contribution in [1.29, 1.82) is 0 Å². The highest BCUT2D eigenvalue weighted by Crippen LogP contribution is 2.39. The molecule has 2 aromatic carbocycles. The van der Waals surface area contributed by atoms with Crippen LogP contribution in [0, 0.1) is 0 Å². The molecule has 1 saturated heterocycles. The van der Waals surface area contributed by atoms with Crippen molar-refractivity contribution in [3.8, 4) is 5.75 Å². The van der Waals surface area contributed by atoms with Gasteiger partial charge >= 0.3 is 6.18 Å². The van der Waals surface area contributed by atoms with Gasteiger partial charge in [-0.25, -0.2) is 0 Å². The largest absolute Gasteiger partial charge is 0.489 e. The van der Waals surface area contributed by atoms with Crippen LogP contribution in [-0.4, -0.2) is 16.8 Å². The van der Waals surface area contributed by atoms with Gasteiger partial charge in [-0.1, -0.05) is 60.9 Å². The highest BCUT2D eigenvalue weighted by atomic mass is 32.2. The van der Waals surface area contributed by atoms with Gasteiger partial charge in [0.25, 0.3) is 5.91 Å². The second-order valence-corrected chi connectivity index (χ2v) is 7.38. The van der Waals surface area contributed by atoms with E-state index in [1.807, 2.05) is 0 Å². The molecule has 1 heterocycles. The lowest BCUT2D eigenvalue weighted by Crippen LogP contribution is -2.27. The molecule has 28 heavy (non-hydrogen) atoms. The third kappa shape index (κ3) is 4.28. The van der Waals surface area contributed by atoms with Gasteiger partial charge in [0, 0.05) is 5.56 Å². The number of thioether (sulfide) groups is 1. The van der Waals surface area contributed by atoms with E-state index in [9.17, 15) is 18.0 Å². The van der Waals surface area contributed by atoms with Crippen molar-refractivity contribution in [2.24, 2.45) is 0 Å². The Labute approximate surface area is 169 Å². The maximum atomic E-state index is 13.0. The number of hydrogen-bond acceptors (Lipinski definition) is 4. The number of carbonyl (C=O) groups excluding carboxylic acids is 1. The van der Waals surface area contributed by atoms with Crippen molar-refractivity contribution >= 4 is 46.0 Å². The summed E-state index contributed by atoms with van der Waals surface area (Å²) in [7, 11) is 0. The number of halogens is 3. The molecular weight excluding hydrogens is 407 g/mol. The minimum Gasteiger partial charge on any atom is -0.489 e. The van der Waals surface area contributed by atoms with E-state index >= 15 is 0 Å². The van der Waals surface area contributed by atoms with Gasteiger partial charge in [0.1, 0.15) is 12.4 Å². The lowest BCUT2D eigenvalue weighted by Gasteiger charge is -2.16. The van der Waals surface area contributed by atoms with Crippen LogP contribution < -0.4 is 9.64 Å². The van der Waals surface area contributed by atoms with Crippen LogP contribution in [-0.2, 0) is 11.0 Å². The van der Waals surface area contributed by atoms with Crippen LogP contribution in [0.3, 0.4) is 0 Å². The molecule has 0 N–H and O–H groups in total. The van der Waals surface area contributed by atoms with E-state index in [1.54, 1.807) is 36.4 Å². The van der Waals surface area contributed by atoms with Crippen molar-refractivity contribution in [1.82, 2.24) is 0 Å². The second-order valence-electron chi connectivity index (χ2n) is 5.70. The molecule has 0 aromatic heterocycles. The van der Waals surface area contributed by atoms with Crippen LogP contribution >= 0.6 is 24.0 Å². The quantitative estimate of drug-likeness (QED) is 0.353. The van der Waals surface area contributed by atoms with E-state index in [0.717, 1.165) is 28.8 Å². The van der Waals surface area contributed by atoms with E-state index in [-0.39, 0.29) is 10.0 Å². The lowest BCUT2D eigenvalue weighted by molar-refractivity contribution is -0.137. The molecule has 144 valence electrons. The summed E-state index contributed by atoms with van der Waals surface area (Å²) in [6.07, 6.45) is -1.29. The number of benzene rings is 2. The van der Waals surface area contributed by atoms with Crippen LogP contribution in [0.5, 0.6) is 5.75 Å². The minimum atomic E-state index is -4.51. The first-order valence-corrected chi connectivity index (χ1v) is 9.31. The number of anilines is 1. The van der Waals surface area contributed by atoms with Crippen molar-refractivity contribution in [2.45, 2.75) is 6.18 Å². The summed E-state index contributed by atoms with van der Waals surface area (Å²) in [6, 6.07) is 11.6.